The van der Waals surface area contributed by atoms with Gasteiger partial charge in [-0.1, -0.05) is 0 Å². The second-order valence-corrected chi connectivity index (χ2v) is 6.32. The summed E-state index contributed by atoms with van der Waals surface area (Å²) in [6.07, 6.45) is 1.68. The number of rotatable bonds is 2. The van der Waals surface area contributed by atoms with Crippen LogP contribution in [0, 0.1) is 17.1 Å². The standard InChI is InChI=1S/C12H14FN3O2S/c13-11-5-4-10(7-9(11)8-14)19(17,18)16-6-2-1-3-12(16)15/h4-5,7,12H,1-3,6,15H2. The Hall–Kier alpha value is -1.49. The summed E-state index contributed by atoms with van der Waals surface area (Å²) in [7, 11) is -3.77. The summed E-state index contributed by atoms with van der Waals surface area (Å²) in [4.78, 5) is -0.0946. The lowest BCUT2D eigenvalue weighted by Gasteiger charge is -2.31. The lowest BCUT2D eigenvalue weighted by molar-refractivity contribution is 0.258. The summed E-state index contributed by atoms with van der Waals surface area (Å²) in [6, 6.07) is 4.83. The van der Waals surface area contributed by atoms with Gasteiger partial charge in [-0.25, -0.2) is 12.8 Å². The summed E-state index contributed by atoms with van der Waals surface area (Å²) in [6.45, 7) is 0.350. The van der Waals surface area contributed by atoms with Gasteiger partial charge < -0.3 is 5.73 Å². The van der Waals surface area contributed by atoms with Gasteiger partial charge in [0.25, 0.3) is 0 Å². The molecule has 1 unspecified atom stereocenters. The van der Waals surface area contributed by atoms with Crippen molar-refractivity contribution >= 4 is 10.0 Å². The molecule has 1 aliphatic heterocycles. The van der Waals surface area contributed by atoms with Crippen molar-refractivity contribution in [2.24, 2.45) is 5.73 Å². The summed E-state index contributed by atoms with van der Waals surface area (Å²) in [5.74, 6) is -0.732. The van der Waals surface area contributed by atoms with Crippen LogP contribution in [0.4, 0.5) is 4.39 Å². The topological polar surface area (TPSA) is 87.2 Å². The molecule has 1 aromatic carbocycles. The number of hydrogen-bond donors (Lipinski definition) is 1. The van der Waals surface area contributed by atoms with Gasteiger partial charge in [0.1, 0.15) is 11.9 Å². The molecule has 1 saturated heterocycles. The van der Waals surface area contributed by atoms with Gasteiger partial charge in [0, 0.05) is 6.54 Å². The third-order valence-electron chi connectivity index (χ3n) is 3.16. The zero-order valence-electron chi connectivity index (χ0n) is 10.2. The van der Waals surface area contributed by atoms with Crippen LogP contribution in [0.2, 0.25) is 0 Å². The van der Waals surface area contributed by atoms with Crippen LogP contribution >= 0.6 is 0 Å². The second kappa shape index (κ2) is 5.25. The van der Waals surface area contributed by atoms with Crippen molar-refractivity contribution in [3.05, 3.63) is 29.6 Å². The third-order valence-corrected chi connectivity index (χ3v) is 5.08. The SMILES string of the molecule is N#Cc1cc(S(=O)(=O)N2CCCCC2N)ccc1F. The Balaban J connectivity index is 2.42. The summed E-state index contributed by atoms with van der Waals surface area (Å²) in [5, 5.41) is 8.75. The van der Waals surface area contributed by atoms with E-state index >= 15 is 0 Å². The van der Waals surface area contributed by atoms with Gasteiger partial charge >= 0.3 is 0 Å². The molecule has 0 spiro atoms. The van der Waals surface area contributed by atoms with Crippen molar-refractivity contribution in [3.63, 3.8) is 0 Å². The van der Waals surface area contributed by atoms with E-state index in [0.717, 1.165) is 31.0 Å². The Morgan fingerprint density at radius 2 is 2.16 bits per heavy atom. The lowest BCUT2D eigenvalue weighted by atomic mass is 10.1. The maximum Gasteiger partial charge on any atom is 0.244 e. The largest absolute Gasteiger partial charge is 0.315 e. The molecule has 102 valence electrons. The molecule has 0 saturated carbocycles. The lowest BCUT2D eigenvalue weighted by Crippen LogP contribution is -2.48. The van der Waals surface area contributed by atoms with Crippen LogP contribution in [0.3, 0.4) is 0 Å². The van der Waals surface area contributed by atoms with E-state index in [4.69, 9.17) is 11.0 Å². The maximum absolute atomic E-state index is 13.2. The number of hydrogen-bond acceptors (Lipinski definition) is 4. The Morgan fingerprint density at radius 3 is 2.79 bits per heavy atom. The minimum atomic E-state index is -3.77. The van der Waals surface area contributed by atoms with E-state index in [1.807, 2.05) is 0 Å². The average Bonchev–Trinajstić information content (AvgIpc) is 2.39. The Morgan fingerprint density at radius 1 is 1.42 bits per heavy atom. The predicted molar refractivity (Wildman–Crippen MR) is 66.8 cm³/mol. The quantitative estimate of drug-likeness (QED) is 0.882. The van der Waals surface area contributed by atoms with Gasteiger partial charge in [-0.3, -0.25) is 0 Å². The molecular formula is C12H14FN3O2S. The molecule has 1 aromatic rings. The fraction of sp³-hybridized carbons (Fsp3) is 0.417. The predicted octanol–water partition coefficient (Wildman–Crippen LogP) is 1.16. The molecule has 0 bridgehead atoms. The molecule has 0 aromatic heterocycles. The molecule has 2 rings (SSSR count). The third kappa shape index (κ3) is 2.61. The Kier molecular flexibility index (Phi) is 3.85. The zero-order valence-corrected chi connectivity index (χ0v) is 11.0. The van der Waals surface area contributed by atoms with Gasteiger partial charge in [0.2, 0.25) is 10.0 Å². The number of piperidine rings is 1. The van der Waals surface area contributed by atoms with Crippen LogP contribution in [0.1, 0.15) is 24.8 Å². The van der Waals surface area contributed by atoms with E-state index in [9.17, 15) is 12.8 Å². The molecular weight excluding hydrogens is 269 g/mol. The number of sulfonamides is 1. The van der Waals surface area contributed by atoms with Crippen LogP contribution in [-0.2, 0) is 10.0 Å². The van der Waals surface area contributed by atoms with E-state index < -0.39 is 22.0 Å². The minimum Gasteiger partial charge on any atom is -0.315 e. The second-order valence-electron chi connectivity index (χ2n) is 4.43. The van der Waals surface area contributed by atoms with Crippen molar-refractivity contribution in [1.29, 1.82) is 5.26 Å². The van der Waals surface area contributed by atoms with E-state index in [1.165, 1.54) is 4.31 Å². The summed E-state index contributed by atoms with van der Waals surface area (Å²) >= 11 is 0. The van der Waals surface area contributed by atoms with Crippen molar-refractivity contribution < 1.29 is 12.8 Å². The van der Waals surface area contributed by atoms with Gasteiger partial charge in [-0.05, 0) is 37.5 Å². The van der Waals surface area contributed by atoms with Crippen molar-refractivity contribution in [3.8, 4) is 6.07 Å². The maximum atomic E-state index is 13.2. The van der Waals surface area contributed by atoms with Crippen molar-refractivity contribution in [2.75, 3.05) is 6.54 Å². The highest BCUT2D eigenvalue weighted by Crippen LogP contribution is 2.24. The molecule has 1 atom stereocenters. The number of nitrogens with two attached hydrogens (primary N) is 1. The van der Waals surface area contributed by atoms with Gasteiger partial charge in [-0.2, -0.15) is 9.57 Å². The van der Waals surface area contributed by atoms with Gasteiger partial charge in [0.15, 0.2) is 0 Å². The smallest absolute Gasteiger partial charge is 0.244 e. The highest BCUT2D eigenvalue weighted by molar-refractivity contribution is 7.89. The first-order chi connectivity index (χ1) is 8.96. The van der Waals surface area contributed by atoms with E-state index in [0.29, 0.717) is 13.0 Å². The van der Waals surface area contributed by atoms with Gasteiger partial charge in [-0.15, -0.1) is 0 Å². The molecule has 2 N–H and O–H groups in total. The zero-order chi connectivity index (χ0) is 14.0. The van der Waals surface area contributed by atoms with Crippen LogP contribution < -0.4 is 5.73 Å². The van der Waals surface area contributed by atoms with Crippen LogP contribution in [0.15, 0.2) is 23.1 Å². The highest BCUT2D eigenvalue weighted by Gasteiger charge is 2.31. The van der Waals surface area contributed by atoms with Gasteiger partial charge in [0.05, 0.1) is 16.6 Å². The molecule has 19 heavy (non-hydrogen) atoms. The van der Waals surface area contributed by atoms with E-state index in [1.54, 1.807) is 6.07 Å². The molecule has 1 aliphatic rings. The summed E-state index contributed by atoms with van der Waals surface area (Å²) in [5.41, 5.74) is 5.53. The average molecular weight is 283 g/mol. The number of benzene rings is 1. The van der Waals surface area contributed by atoms with E-state index in [-0.39, 0.29) is 10.5 Å². The van der Waals surface area contributed by atoms with Crippen molar-refractivity contribution in [1.82, 2.24) is 4.31 Å². The minimum absolute atomic E-state index is 0.0946. The molecule has 1 heterocycles. The molecule has 0 aliphatic carbocycles. The fourth-order valence-corrected chi connectivity index (χ4v) is 3.72. The first kappa shape index (κ1) is 13.9. The molecule has 5 nitrogen and oxygen atoms in total. The first-order valence-corrected chi connectivity index (χ1v) is 7.38. The first-order valence-electron chi connectivity index (χ1n) is 5.94. The molecule has 7 heteroatoms. The van der Waals surface area contributed by atoms with Crippen LogP contribution in [0.5, 0.6) is 0 Å². The molecule has 0 radical (unpaired) electrons. The van der Waals surface area contributed by atoms with Crippen LogP contribution in [-0.4, -0.2) is 25.4 Å². The number of halogens is 1. The Bertz CT molecular complexity index is 624. The van der Waals surface area contributed by atoms with Crippen LogP contribution in [0.25, 0.3) is 0 Å². The molecule has 1 fully saturated rings. The molecule has 0 amide bonds. The van der Waals surface area contributed by atoms with E-state index in [2.05, 4.69) is 0 Å². The monoisotopic (exact) mass is 283 g/mol. The number of nitriles is 1. The normalized spacial score (nSPS) is 21.0. The Labute approximate surface area is 111 Å². The summed E-state index contributed by atoms with van der Waals surface area (Å²) < 4.78 is 39.2. The number of nitrogens with zero attached hydrogens (tertiary/aromatic N) is 2. The van der Waals surface area contributed by atoms with Crippen molar-refractivity contribution in [2.45, 2.75) is 30.3 Å². The fourth-order valence-electron chi connectivity index (χ4n) is 2.12. The highest BCUT2D eigenvalue weighted by atomic mass is 32.2.